The number of nitrogens with zero attached hydrogens (tertiary/aromatic N) is 5. The van der Waals surface area contributed by atoms with Crippen LogP contribution in [0.4, 0.5) is 0 Å². The summed E-state index contributed by atoms with van der Waals surface area (Å²) in [7, 11) is 0. The molecule has 1 amide bonds. The molecule has 158 valence electrons. The Hall–Kier alpha value is -2.22. The van der Waals surface area contributed by atoms with Gasteiger partial charge >= 0.3 is 0 Å². The first-order valence-corrected chi connectivity index (χ1v) is 11.0. The number of rotatable bonds is 8. The van der Waals surface area contributed by atoms with Crippen LogP contribution in [0.2, 0.25) is 0 Å². The quantitative estimate of drug-likeness (QED) is 0.630. The number of aromatic nitrogens is 4. The minimum absolute atomic E-state index is 0.0680. The molecule has 1 aliphatic heterocycles. The van der Waals surface area contributed by atoms with Crippen molar-refractivity contribution in [3.8, 4) is 0 Å². The summed E-state index contributed by atoms with van der Waals surface area (Å²) in [4.78, 5) is 19.4. The zero-order valence-corrected chi connectivity index (χ0v) is 17.3. The van der Waals surface area contributed by atoms with E-state index in [1.54, 1.807) is 10.7 Å². The summed E-state index contributed by atoms with van der Waals surface area (Å²) in [5.41, 5.74) is 0.471. The summed E-state index contributed by atoms with van der Waals surface area (Å²) in [6, 6.07) is 1.60. The smallest absolute Gasteiger partial charge is 0.275 e. The van der Waals surface area contributed by atoms with E-state index in [1.165, 1.54) is 25.7 Å². The Labute approximate surface area is 171 Å². The Morgan fingerprint density at radius 3 is 2.86 bits per heavy atom. The minimum atomic E-state index is -0.177. The molecule has 3 heterocycles. The Kier molecular flexibility index (Phi) is 6.59. The van der Waals surface area contributed by atoms with E-state index in [4.69, 9.17) is 9.26 Å². The van der Waals surface area contributed by atoms with Gasteiger partial charge in [0.2, 0.25) is 5.89 Å². The van der Waals surface area contributed by atoms with Crippen LogP contribution in [-0.4, -0.2) is 50.5 Å². The molecule has 4 rings (SSSR count). The second-order valence-corrected chi connectivity index (χ2v) is 8.09. The molecule has 0 spiro atoms. The lowest BCUT2D eigenvalue weighted by Gasteiger charge is -2.32. The summed E-state index contributed by atoms with van der Waals surface area (Å²) in [5, 5.41) is 8.48. The van der Waals surface area contributed by atoms with Gasteiger partial charge in [0, 0.05) is 32.3 Å². The number of hydrogen-bond donors (Lipinski definition) is 0. The number of carbonyl (C=O) groups is 1. The molecule has 2 aromatic heterocycles. The molecule has 0 aromatic carbocycles. The molecule has 0 N–H and O–H groups in total. The number of amides is 1. The number of aryl methyl sites for hydroxylation is 1. The molecular weight excluding hydrogens is 370 g/mol. The van der Waals surface area contributed by atoms with E-state index in [1.807, 2.05) is 18.0 Å². The van der Waals surface area contributed by atoms with Crippen molar-refractivity contribution in [3.05, 3.63) is 29.7 Å². The predicted molar refractivity (Wildman–Crippen MR) is 106 cm³/mol. The molecule has 1 unspecified atom stereocenters. The van der Waals surface area contributed by atoms with Gasteiger partial charge in [0.25, 0.3) is 5.91 Å². The van der Waals surface area contributed by atoms with Crippen LogP contribution in [-0.2, 0) is 17.7 Å². The molecule has 1 saturated heterocycles. The zero-order chi connectivity index (χ0) is 20.1. The average Bonchev–Trinajstić information content (AvgIpc) is 3.52. The molecular formula is C21H31N5O3. The fraction of sp³-hybridized carbons (Fsp3) is 0.714. The van der Waals surface area contributed by atoms with Crippen LogP contribution in [0.25, 0.3) is 0 Å². The van der Waals surface area contributed by atoms with Crippen LogP contribution in [0.15, 0.2) is 16.8 Å². The monoisotopic (exact) mass is 401 g/mol. The third-order valence-corrected chi connectivity index (χ3v) is 6.01. The third-order valence-electron chi connectivity index (χ3n) is 6.01. The Morgan fingerprint density at radius 2 is 2.07 bits per heavy atom. The predicted octanol–water partition coefficient (Wildman–Crippen LogP) is 3.40. The average molecular weight is 402 g/mol. The van der Waals surface area contributed by atoms with Crippen molar-refractivity contribution in [3.63, 3.8) is 0 Å². The summed E-state index contributed by atoms with van der Waals surface area (Å²) >= 11 is 0. The van der Waals surface area contributed by atoms with E-state index in [2.05, 4.69) is 15.2 Å². The van der Waals surface area contributed by atoms with Crippen LogP contribution in [0.3, 0.4) is 0 Å². The van der Waals surface area contributed by atoms with Gasteiger partial charge < -0.3 is 14.2 Å². The van der Waals surface area contributed by atoms with Crippen molar-refractivity contribution in [2.75, 3.05) is 19.8 Å². The molecule has 1 aliphatic carbocycles. The maximum Gasteiger partial charge on any atom is 0.275 e. The van der Waals surface area contributed by atoms with Gasteiger partial charge in [-0.25, -0.2) is 0 Å². The van der Waals surface area contributed by atoms with Gasteiger partial charge in [0.1, 0.15) is 11.7 Å². The molecule has 0 radical (unpaired) electrons. The fourth-order valence-corrected chi connectivity index (χ4v) is 4.33. The minimum Gasteiger partial charge on any atom is -0.381 e. The SMILES string of the molecule is CCn1ccc(C(=O)N2CCCCC2c2nc(CCOCC3CCCC3)no2)n1. The van der Waals surface area contributed by atoms with Crippen molar-refractivity contribution >= 4 is 5.91 Å². The van der Waals surface area contributed by atoms with E-state index < -0.39 is 0 Å². The van der Waals surface area contributed by atoms with Crippen LogP contribution in [0, 0.1) is 5.92 Å². The second kappa shape index (κ2) is 9.52. The normalized spacial score (nSPS) is 20.4. The first-order chi connectivity index (χ1) is 14.2. The van der Waals surface area contributed by atoms with Gasteiger partial charge in [-0.2, -0.15) is 10.1 Å². The number of hydrogen-bond acceptors (Lipinski definition) is 6. The van der Waals surface area contributed by atoms with E-state index >= 15 is 0 Å². The lowest BCUT2D eigenvalue weighted by Crippen LogP contribution is -2.39. The molecule has 29 heavy (non-hydrogen) atoms. The number of carbonyl (C=O) groups excluding carboxylic acids is 1. The van der Waals surface area contributed by atoms with Gasteiger partial charge in [-0.05, 0) is 51.0 Å². The lowest BCUT2D eigenvalue weighted by molar-refractivity contribution is 0.0554. The Bertz CT molecular complexity index is 796. The van der Waals surface area contributed by atoms with Gasteiger partial charge in [0.05, 0.1) is 6.61 Å². The van der Waals surface area contributed by atoms with Crippen LogP contribution in [0.1, 0.15) is 80.1 Å². The number of likely N-dealkylation sites (tertiary alicyclic amines) is 1. The van der Waals surface area contributed by atoms with Gasteiger partial charge in [0.15, 0.2) is 5.82 Å². The first-order valence-electron chi connectivity index (χ1n) is 11.0. The number of ether oxygens (including phenoxy) is 1. The maximum atomic E-state index is 13.0. The molecule has 1 atom stereocenters. The van der Waals surface area contributed by atoms with Crippen molar-refractivity contribution in [2.24, 2.45) is 5.92 Å². The van der Waals surface area contributed by atoms with E-state index in [9.17, 15) is 4.79 Å². The van der Waals surface area contributed by atoms with E-state index in [0.717, 1.165) is 32.4 Å². The topological polar surface area (TPSA) is 86.3 Å². The largest absolute Gasteiger partial charge is 0.381 e. The second-order valence-electron chi connectivity index (χ2n) is 8.09. The highest BCUT2D eigenvalue weighted by Crippen LogP contribution is 2.31. The Balaban J connectivity index is 1.35. The van der Waals surface area contributed by atoms with Crippen molar-refractivity contribution in [1.29, 1.82) is 0 Å². The molecule has 2 fully saturated rings. The fourth-order valence-electron chi connectivity index (χ4n) is 4.33. The highest BCUT2D eigenvalue weighted by Gasteiger charge is 2.33. The Morgan fingerprint density at radius 1 is 1.24 bits per heavy atom. The molecule has 8 heteroatoms. The van der Waals surface area contributed by atoms with Gasteiger partial charge in [-0.15, -0.1) is 0 Å². The van der Waals surface area contributed by atoms with E-state index in [0.29, 0.717) is 42.9 Å². The highest BCUT2D eigenvalue weighted by atomic mass is 16.5. The van der Waals surface area contributed by atoms with E-state index in [-0.39, 0.29) is 11.9 Å². The standard InChI is InChI=1S/C21H31N5O3/c1-2-25-13-10-17(23-25)21(27)26-12-6-5-9-18(26)20-22-19(24-29-20)11-14-28-15-16-7-3-4-8-16/h10,13,16,18H,2-9,11-12,14-15H2,1H3. The number of piperidine rings is 1. The van der Waals surface area contributed by atoms with Crippen molar-refractivity contribution in [1.82, 2.24) is 24.8 Å². The van der Waals surface area contributed by atoms with Crippen LogP contribution < -0.4 is 0 Å². The van der Waals surface area contributed by atoms with Gasteiger partial charge in [-0.3, -0.25) is 9.48 Å². The first kappa shape index (κ1) is 20.1. The van der Waals surface area contributed by atoms with Crippen molar-refractivity contribution < 1.29 is 14.1 Å². The van der Waals surface area contributed by atoms with Crippen LogP contribution in [0.5, 0.6) is 0 Å². The third kappa shape index (κ3) is 4.86. The summed E-state index contributed by atoms with van der Waals surface area (Å²) in [6.45, 7) is 4.87. The highest BCUT2D eigenvalue weighted by molar-refractivity contribution is 5.92. The van der Waals surface area contributed by atoms with Gasteiger partial charge in [-0.1, -0.05) is 18.0 Å². The maximum absolute atomic E-state index is 13.0. The van der Waals surface area contributed by atoms with Crippen LogP contribution >= 0.6 is 0 Å². The lowest BCUT2D eigenvalue weighted by atomic mass is 10.0. The van der Waals surface area contributed by atoms with Crippen molar-refractivity contribution in [2.45, 2.75) is 70.9 Å². The molecule has 1 saturated carbocycles. The summed E-state index contributed by atoms with van der Waals surface area (Å²) in [6.07, 6.45) is 10.6. The molecule has 8 nitrogen and oxygen atoms in total. The molecule has 0 bridgehead atoms. The molecule has 2 aliphatic rings. The summed E-state index contributed by atoms with van der Waals surface area (Å²) in [5.74, 6) is 1.83. The summed E-state index contributed by atoms with van der Waals surface area (Å²) < 4.78 is 13.1. The zero-order valence-electron chi connectivity index (χ0n) is 17.3. The molecule has 2 aromatic rings.